The molecule has 1 rings (SSSR count). The number of carbonyl (C=O) groups excluding carboxylic acids is 1. The molecule has 0 aliphatic carbocycles. The Bertz CT molecular complexity index is 399. The minimum atomic E-state index is 0.269. The topological polar surface area (TPSA) is 17.1 Å². The molecule has 1 nitrogen and oxygen atoms in total. The summed E-state index contributed by atoms with van der Waals surface area (Å²) in [6.07, 6.45) is 8.20. The van der Waals surface area contributed by atoms with E-state index in [0.29, 0.717) is 12.8 Å². The molecule has 0 saturated carbocycles. The zero-order chi connectivity index (χ0) is 14.5. The minimum Gasteiger partial charge on any atom is -0.299 e. The van der Waals surface area contributed by atoms with Gasteiger partial charge >= 0.3 is 0 Å². The van der Waals surface area contributed by atoms with Gasteiger partial charge in [-0.3, -0.25) is 4.79 Å². The van der Waals surface area contributed by atoms with Crippen molar-refractivity contribution in [2.75, 3.05) is 0 Å². The molecule has 104 valence electrons. The predicted molar refractivity (Wildman–Crippen MR) is 84.3 cm³/mol. The van der Waals surface area contributed by atoms with Crippen LogP contribution < -0.4 is 0 Å². The van der Waals surface area contributed by atoms with Crippen LogP contribution in [-0.4, -0.2) is 5.78 Å². The monoisotopic (exact) mass is 258 g/mol. The van der Waals surface area contributed by atoms with E-state index in [1.807, 2.05) is 63.3 Å². The first-order valence-corrected chi connectivity index (χ1v) is 7.13. The van der Waals surface area contributed by atoms with Crippen LogP contribution in [0.2, 0.25) is 0 Å². The molecule has 0 heterocycles. The molecule has 0 fully saturated rings. The second-order valence-electron chi connectivity index (χ2n) is 4.05. The van der Waals surface area contributed by atoms with Crippen LogP contribution >= 0.6 is 0 Å². The van der Waals surface area contributed by atoms with Crippen LogP contribution in [0, 0.1) is 0 Å². The summed E-state index contributed by atoms with van der Waals surface area (Å²) in [5.74, 6) is 0.269. The molecule has 0 spiro atoms. The van der Waals surface area contributed by atoms with E-state index in [9.17, 15) is 4.79 Å². The van der Waals surface area contributed by atoms with Crippen molar-refractivity contribution in [1.29, 1.82) is 0 Å². The molecule has 1 aromatic carbocycles. The fourth-order valence-corrected chi connectivity index (χ4v) is 1.64. The summed E-state index contributed by atoms with van der Waals surface area (Å²) in [6.45, 7) is 8.07. The first kappa shape index (κ1) is 17.4. The van der Waals surface area contributed by atoms with Crippen molar-refractivity contribution in [2.24, 2.45) is 0 Å². The van der Waals surface area contributed by atoms with E-state index in [1.54, 1.807) is 0 Å². The molecule has 1 aromatic rings. The maximum Gasteiger partial charge on any atom is 0.141 e. The second-order valence-corrected chi connectivity index (χ2v) is 4.05. The van der Waals surface area contributed by atoms with Gasteiger partial charge in [0.1, 0.15) is 5.78 Å². The van der Waals surface area contributed by atoms with Gasteiger partial charge in [0.25, 0.3) is 0 Å². The van der Waals surface area contributed by atoms with Crippen molar-refractivity contribution in [1.82, 2.24) is 0 Å². The number of ketones is 1. The molecule has 0 amide bonds. The summed E-state index contributed by atoms with van der Waals surface area (Å²) in [5.41, 5.74) is 2.19. The Morgan fingerprint density at radius 2 is 1.79 bits per heavy atom. The number of carbonyl (C=O) groups is 1. The number of benzene rings is 1. The third-order valence-electron chi connectivity index (χ3n) is 2.58. The van der Waals surface area contributed by atoms with Gasteiger partial charge in [-0.15, -0.1) is 0 Å². The Hall–Kier alpha value is -1.63. The lowest BCUT2D eigenvalue weighted by molar-refractivity contribution is -0.117. The second kappa shape index (κ2) is 11.5. The smallest absolute Gasteiger partial charge is 0.141 e. The Labute approximate surface area is 118 Å². The Morgan fingerprint density at radius 3 is 2.32 bits per heavy atom. The van der Waals surface area contributed by atoms with Crippen LogP contribution in [0.15, 0.2) is 54.1 Å². The first-order valence-electron chi connectivity index (χ1n) is 7.13. The van der Waals surface area contributed by atoms with Crippen LogP contribution in [0.5, 0.6) is 0 Å². The molecule has 0 N–H and O–H groups in total. The van der Waals surface area contributed by atoms with Crippen molar-refractivity contribution < 1.29 is 4.79 Å². The highest BCUT2D eigenvalue weighted by molar-refractivity contribution is 5.83. The summed E-state index contributed by atoms with van der Waals surface area (Å²) in [5, 5.41) is 0. The molecular weight excluding hydrogens is 232 g/mol. The van der Waals surface area contributed by atoms with Crippen molar-refractivity contribution in [3.8, 4) is 0 Å². The van der Waals surface area contributed by atoms with Gasteiger partial charge in [0.2, 0.25) is 0 Å². The van der Waals surface area contributed by atoms with Gasteiger partial charge in [0.05, 0.1) is 0 Å². The molecule has 0 aromatic heterocycles. The van der Waals surface area contributed by atoms with Gasteiger partial charge < -0.3 is 0 Å². The SMILES string of the molecule is C/C=C(\C=C/CC)CC(=O)Cc1ccccc1.CC. The average molecular weight is 258 g/mol. The van der Waals surface area contributed by atoms with Crippen molar-refractivity contribution >= 4 is 5.78 Å². The highest BCUT2D eigenvalue weighted by Crippen LogP contribution is 2.09. The number of allylic oxidation sites excluding steroid dienone is 4. The molecule has 0 aliphatic rings. The molecule has 0 unspecified atom stereocenters. The standard InChI is InChI=1S/C16H20O.C2H6/c1-3-5-9-14(4-2)12-16(17)13-15-10-7-6-8-11-15;1-2/h4-11H,3,12-13H2,1-2H3;1-2H3/b9-5-,14-4+;. The highest BCUT2D eigenvalue weighted by Gasteiger charge is 2.04. The van der Waals surface area contributed by atoms with Gasteiger partial charge in [-0.1, -0.05) is 69.3 Å². The maximum atomic E-state index is 11.9. The van der Waals surface area contributed by atoms with E-state index in [4.69, 9.17) is 0 Å². The molecule has 0 saturated heterocycles. The van der Waals surface area contributed by atoms with Gasteiger partial charge in [-0.25, -0.2) is 0 Å². The fraction of sp³-hybridized carbons (Fsp3) is 0.389. The lowest BCUT2D eigenvalue weighted by Gasteiger charge is -2.02. The van der Waals surface area contributed by atoms with Gasteiger partial charge in [0, 0.05) is 12.8 Å². The zero-order valence-electron chi connectivity index (χ0n) is 12.6. The normalized spacial score (nSPS) is 11.1. The Kier molecular flexibility index (Phi) is 10.5. The molecule has 0 atom stereocenters. The molecular formula is C18H26O. The highest BCUT2D eigenvalue weighted by atomic mass is 16.1. The van der Waals surface area contributed by atoms with Gasteiger partial charge in [-0.05, 0) is 24.5 Å². The van der Waals surface area contributed by atoms with Crippen LogP contribution in [0.3, 0.4) is 0 Å². The van der Waals surface area contributed by atoms with E-state index in [-0.39, 0.29) is 5.78 Å². The maximum absolute atomic E-state index is 11.9. The van der Waals surface area contributed by atoms with E-state index in [1.165, 1.54) is 0 Å². The lowest BCUT2D eigenvalue weighted by atomic mass is 10.0. The van der Waals surface area contributed by atoms with Crippen LogP contribution in [0.4, 0.5) is 0 Å². The Morgan fingerprint density at radius 1 is 1.16 bits per heavy atom. The van der Waals surface area contributed by atoms with Gasteiger partial charge in [-0.2, -0.15) is 0 Å². The fourth-order valence-electron chi connectivity index (χ4n) is 1.64. The third kappa shape index (κ3) is 8.15. The summed E-state index contributed by atoms with van der Waals surface area (Å²) in [7, 11) is 0. The van der Waals surface area contributed by atoms with Crippen molar-refractivity contribution in [3.05, 3.63) is 59.7 Å². The van der Waals surface area contributed by atoms with Crippen molar-refractivity contribution in [3.63, 3.8) is 0 Å². The van der Waals surface area contributed by atoms with Crippen LogP contribution in [0.1, 0.15) is 46.1 Å². The van der Waals surface area contributed by atoms with Crippen molar-refractivity contribution in [2.45, 2.75) is 47.0 Å². The third-order valence-corrected chi connectivity index (χ3v) is 2.58. The molecule has 0 radical (unpaired) electrons. The van der Waals surface area contributed by atoms with E-state index >= 15 is 0 Å². The van der Waals surface area contributed by atoms with E-state index in [2.05, 4.69) is 13.0 Å². The zero-order valence-corrected chi connectivity index (χ0v) is 12.6. The minimum absolute atomic E-state index is 0.269. The first-order chi connectivity index (χ1) is 9.26. The number of hydrogen-bond donors (Lipinski definition) is 0. The quantitative estimate of drug-likeness (QED) is 0.647. The Balaban J connectivity index is 0.00000154. The van der Waals surface area contributed by atoms with E-state index in [0.717, 1.165) is 17.6 Å². The largest absolute Gasteiger partial charge is 0.299 e. The number of Topliss-reactive ketones (excluding diaryl/α,β-unsaturated/α-hetero) is 1. The molecule has 1 heteroatoms. The number of rotatable bonds is 6. The molecule has 0 bridgehead atoms. The summed E-state index contributed by atoms with van der Waals surface area (Å²) < 4.78 is 0. The summed E-state index contributed by atoms with van der Waals surface area (Å²) >= 11 is 0. The summed E-state index contributed by atoms with van der Waals surface area (Å²) in [6, 6.07) is 9.89. The van der Waals surface area contributed by atoms with Crippen LogP contribution in [0.25, 0.3) is 0 Å². The average Bonchev–Trinajstić information content (AvgIpc) is 2.46. The lowest BCUT2D eigenvalue weighted by Crippen LogP contribution is -2.03. The summed E-state index contributed by atoms with van der Waals surface area (Å²) in [4.78, 5) is 11.9. The van der Waals surface area contributed by atoms with E-state index < -0.39 is 0 Å². The predicted octanol–water partition coefficient (Wildman–Crippen LogP) is 5.13. The van der Waals surface area contributed by atoms with Gasteiger partial charge in [0.15, 0.2) is 0 Å². The van der Waals surface area contributed by atoms with Crippen LogP contribution in [-0.2, 0) is 11.2 Å². The molecule has 19 heavy (non-hydrogen) atoms. The molecule has 0 aliphatic heterocycles. The number of hydrogen-bond acceptors (Lipinski definition) is 1.